The molecule has 20 atom stereocenters. The summed E-state index contributed by atoms with van der Waals surface area (Å²) < 4.78 is 44.2. The molecule has 4 fully saturated rings. The summed E-state index contributed by atoms with van der Waals surface area (Å²) in [4.78, 5) is 10.3. The van der Waals surface area contributed by atoms with Gasteiger partial charge in [0.05, 0.1) is 31.4 Å². The highest BCUT2D eigenvalue weighted by Crippen LogP contribution is 2.34. The number of aliphatic hydroxyl groups is 13. The minimum absolute atomic E-state index is 0.000590. The zero-order valence-electron chi connectivity index (χ0n) is 28.0. The Morgan fingerprint density at radius 1 is 0.481 bits per heavy atom. The number of nitro benzene ring substituents is 1. The second kappa shape index (κ2) is 18.3. The van der Waals surface area contributed by atoms with E-state index in [0.29, 0.717) is 0 Å². The van der Waals surface area contributed by atoms with Crippen molar-refractivity contribution in [2.75, 3.05) is 26.4 Å². The van der Waals surface area contributed by atoms with Crippen LogP contribution in [-0.4, -0.2) is 221 Å². The van der Waals surface area contributed by atoms with E-state index in [1.807, 2.05) is 0 Å². The fourth-order valence-corrected chi connectivity index (χ4v) is 6.41. The van der Waals surface area contributed by atoms with Crippen LogP contribution in [0.25, 0.3) is 0 Å². The SMILES string of the molecule is O=[N+]([O-])c1ccc(O[C@@H]2O[C@H](CO)[C@@H](O[C@@H]3O[C@H](CO)[C@@H](O[C@@H]4O[C@H](CO)[C@@H](O[C@@H]5O[C@H](CO)[C@H](O)[C@H](O)[C@@H]5O)[C@H](O)[C@@H]4O)[C@H](O)[C@@H]3O)[C@H](O)[C@@H]2O)cc1. The predicted octanol–water partition coefficient (Wildman–Crippen LogP) is -7.75. The van der Waals surface area contributed by atoms with Crippen LogP contribution in [0.1, 0.15) is 0 Å². The molecular weight excluding hydrogens is 742 g/mol. The molecule has 0 bridgehead atoms. The number of hydrogen-bond donors (Lipinski definition) is 13. The second-order valence-electron chi connectivity index (χ2n) is 13.0. The third kappa shape index (κ3) is 8.77. The lowest BCUT2D eigenvalue weighted by Crippen LogP contribution is -2.67. The standard InChI is InChI=1S/C30H45NO23/c32-5-11-15(36)16(37)20(41)28(48-11)52-25-13(7-34)50-30(22(43)18(25)39)54-26-14(8-35)51-29(23(44)19(26)40)53-24-12(6-33)49-27(21(42)17(24)38)47-10-3-1-9(2-4-10)31(45)46/h1-4,11-30,32-44H,5-8H2/t11-,12-,13-,14-,15+,16+,17-,18-,19-,20+,21+,22+,23+,24-,25-,26-,27-,28+,29+,30+/m1/s1. The van der Waals surface area contributed by atoms with E-state index in [2.05, 4.69) is 0 Å². The Balaban J connectivity index is 1.22. The number of nitro groups is 1. The van der Waals surface area contributed by atoms with Gasteiger partial charge in [-0.2, -0.15) is 0 Å². The Labute approximate surface area is 304 Å². The first-order chi connectivity index (χ1) is 25.6. The van der Waals surface area contributed by atoms with Crippen molar-refractivity contribution in [3.8, 4) is 5.75 Å². The van der Waals surface area contributed by atoms with Gasteiger partial charge in [0, 0.05) is 12.1 Å². The highest BCUT2D eigenvalue weighted by molar-refractivity contribution is 5.36. The summed E-state index contributed by atoms with van der Waals surface area (Å²) in [6, 6.07) is 4.64. The molecule has 0 aromatic heterocycles. The fourth-order valence-electron chi connectivity index (χ4n) is 6.41. The Hall–Kier alpha value is -2.38. The van der Waals surface area contributed by atoms with Crippen molar-refractivity contribution in [2.24, 2.45) is 0 Å². The highest BCUT2D eigenvalue weighted by atomic mass is 16.8. The Kier molecular flexibility index (Phi) is 14.5. The zero-order chi connectivity index (χ0) is 39.6. The van der Waals surface area contributed by atoms with E-state index in [0.717, 1.165) is 12.1 Å². The van der Waals surface area contributed by atoms with Gasteiger partial charge in [-0.3, -0.25) is 10.1 Å². The van der Waals surface area contributed by atoms with E-state index in [-0.39, 0.29) is 11.4 Å². The third-order valence-electron chi connectivity index (χ3n) is 9.48. The van der Waals surface area contributed by atoms with Gasteiger partial charge >= 0.3 is 0 Å². The van der Waals surface area contributed by atoms with Gasteiger partial charge in [0.2, 0.25) is 6.29 Å². The normalized spacial score (nSPS) is 45.9. The first kappa shape index (κ1) is 42.8. The number of nitrogens with zero attached hydrogens (tertiary/aromatic N) is 1. The smallest absolute Gasteiger partial charge is 0.269 e. The average Bonchev–Trinajstić information content (AvgIpc) is 3.16. The molecule has 0 unspecified atom stereocenters. The molecule has 0 aliphatic carbocycles. The third-order valence-corrected chi connectivity index (χ3v) is 9.48. The van der Waals surface area contributed by atoms with Crippen LogP contribution in [0.4, 0.5) is 5.69 Å². The van der Waals surface area contributed by atoms with E-state index >= 15 is 0 Å². The van der Waals surface area contributed by atoms with Gasteiger partial charge in [-0.15, -0.1) is 0 Å². The van der Waals surface area contributed by atoms with Gasteiger partial charge in [0.15, 0.2) is 18.9 Å². The van der Waals surface area contributed by atoms with Crippen molar-refractivity contribution in [1.82, 2.24) is 0 Å². The quantitative estimate of drug-likeness (QED) is 0.0652. The van der Waals surface area contributed by atoms with Gasteiger partial charge in [0.1, 0.15) is 103 Å². The summed E-state index contributed by atoms with van der Waals surface area (Å²) in [5, 5.41) is 146. The molecule has 0 spiro atoms. The second-order valence-corrected chi connectivity index (χ2v) is 13.0. The summed E-state index contributed by atoms with van der Waals surface area (Å²) in [6.45, 7) is -3.50. The zero-order valence-corrected chi connectivity index (χ0v) is 28.0. The van der Waals surface area contributed by atoms with E-state index in [9.17, 15) is 76.5 Å². The van der Waals surface area contributed by atoms with Crippen molar-refractivity contribution in [2.45, 2.75) is 123 Å². The molecule has 0 saturated carbocycles. The maximum atomic E-state index is 11.1. The van der Waals surface area contributed by atoms with E-state index in [4.69, 9.17) is 37.9 Å². The van der Waals surface area contributed by atoms with E-state index < -0.39 is 154 Å². The minimum Gasteiger partial charge on any atom is -0.462 e. The van der Waals surface area contributed by atoms with Crippen molar-refractivity contribution in [3.05, 3.63) is 34.4 Å². The van der Waals surface area contributed by atoms with Gasteiger partial charge in [-0.1, -0.05) is 0 Å². The van der Waals surface area contributed by atoms with Crippen LogP contribution in [0.3, 0.4) is 0 Å². The number of benzene rings is 1. The highest BCUT2D eigenvalue weighted by Gasteiger charge is 2.55. The van der Waals surface area contributed by atoms with Gasteiger partial charge < -0.3 is 104 Å². The van der Waals surface area contributed by atoms with Crippen LogP contribution in [0.15, 0.2) is 24.3 Å². The molecule has 308 valence electrons. The molecule has 1 aromatic rings. The number of aliphatic hydroxyl groups excluding tert-OH is 13. The van der Waals surface area contributed by atoms with Gasteiger partial charge in [-0.25, -0.2) is 0 Å². The first-order valence-electron chi connectivity index (χ1n) is 16.7. The van der Waals surface area contributed by atoms with Crippen LogP contribution in [0.5, 0.6) is 5.75 Å². The number of hydrogen-bond acceptors (Lipinski definition) is 23. The molecule has 0 radical (unpaired) electrons. The molecule has 4 aliphatic heterocycles. The molecule has 1 aromatic carbocycles. The van der Waals surface area contributed by atoms with Crippen LogP contribution in [-0.2, 0) is 33.2 Å². The number of non-ortho nitro benzene ring substituents is 1. The summed E-state index contributed by atoms with van der Waals surface area (Å²) in [5.74, 6) is 0.000590. The lowest BCUT2D eigenvalue weighted by atomic mass is 9.95. The van der Waals surface area contributed by atoms with Crippen molar-refractivity contribution in [1.29, 1.82) is 0 Å². The van der Waals surface area contributed by atoms with Crippen LogP contribution in [0.2, 0.25) is 0 Å². The van der Waals surface area contributed by atoms with Gasteiger partial charge in [0.25, 0.3) is 5.69 Å². The van der Waals surface area contributed by atoms with E-state index in [1.165, 1.54) is 12.1 Å². The van der Waals surface area contributed by atoms with E-state index in [1.54, 1.807) is 0 Å². The summed E-state index contributed by atoms with van der Waals surface area (Å²) in [5.41, 5.74) is -0.251. The molecule has 24 heteroatoms. The lowest BCUT2D eigenvalue weighted by molar-refractivity contribution is -0.387. The minimum atomic E-state index is -2.06. The van der Waals surface area contributed by atoms with Crippen LogP contribution in [0, 0.1) is 10.1 Å². The molecular formula is C30H45NO23. The molecule has 5 rings (SSSR count). The van der Waals surface area contributed by atoms with Crippen molar-refractivity contribution < 1.29 is 109 Å². The summed E-state index contributed by atoms with van der Waals surface area (Å²) in [6.07, 6.45) is -35.7. The topological polar surface area (TPSA) is 380 Å². The fraction of sp³-hybridized carbons (Fsp3) is 0.800. The maximum Gasteiger partial charge on any atom is 0.269 e. The molecule has 4 heterocycles. The number of ether oxygens (including phenoxy) is 8. The van der Waals surface area contributed by atoms with Crippen molar-refractivity contribution >= 4 is 5.69 Å². The molecule has 4 saturated heterocycles. The molecule has 54 heavy (non-hydrogen) atoms. The monoisotopic (exact) mass is 787 g/mol. The lowest BCUT2D eigenvalue weighted by Gasteiger charge is -2.49. The predicted molar refractivity (Wildman–Crippen MR) is 165 cm³/mol. The molecule has 4 aliphatic rings. The Morgan fingerprint density at radius 2 is 0.815 bits per heavy atom. The number of rotatable bonds is 13. The molecule has 0 amide bonds. The summed E-state index contributed by atoms with van der Waals surface area (Å²) >= 11 is 0. The Bertz CT molecular complexity index is 1340. The van der Waals surface area contributed by atoms with Crippen molar-refractivity contribution in [3.63, 3.8) is 0 Å². The van der Waals surface area contributed by atoms with Crippen LogP contribution < -0.4 is 4.74 Å². The molecule has 24 nitrogen and oxygen atoms in total. The Morgan fingerprint density at radius 3 is 1.19 bits per heavy atom. The first-order valence-corrected chi connectivity index (χ1v) is 16.7. The largest absolute Gasteiger partial charge is 0.462 e. The van der Waals surface area contributed by atoms with Crippen LogP contribution >= 0.6 is 0 Å². The maximum absolute atomic E-state index is 11.1. The average molecular weight is 788 g/mol. The summed E-state index contributed by atoms with van der Waals surface area (Å²) in [7, 11) is 0. The molecule has 13 N–H and O–H groups in total. The van der Waals surface area contributed by atoms with Gasteiger partial charge in [-0.05, 0) is 12.1 Å².